The highest BCUT2D eigenvalue weighted by Crippen LogP contribution is 2.26. The Hall–Kier alpha value is -0.410. The van der Waals surface area contributed by atoms with E-state index in [4.69, 9.17) is 5.73 Å². The van der Waals surface area contributed by atoms with Crippen LogP contribution in [0.3, 0.4) is 0 Å². The highest BCUT2D eigenvalue weighted by atomic mass is 16.3. The lowest BCUT2D eigenvalue weighted by atomic mass is 9.82. The largest absolute Gasteiger partial charge is 0.385 e. The van der Waals surface area contributed by atoms with Gasteiger partial charge in [0.2, 0.25) is 0 Å². The summed E-state index contributed by atoms with van der Waals surface area (Å²) in [5.74, 6) is 0.0396. The fourth-order valence-electron chi connectivity index (χ4n) is 1.79. The first-order valence-electron chi connectivity index (χ1n) is 4.55. The molecule has 1 aliphatic rings. The van der Waals surface area contributed by atoms with Crippen molar-refractivity contribution in [2.24, 2.45) is 11.7 Å². The molecule has 3 heteroatoms. The van der Waals surface area contributed by atoms with Crippen molar-refractivity contribution in [1.29, 1.82) is 0 Å². The second-order valence-corrected chi connectivity index (χ2v) is 3.73. The summed E-state index contributed by atoms with van der Waals surface area (Å²) in [6.45, 7) is 1.44. The standard InChI is InChI=1S/C9H17NO2/c1-6(11)9(12)7-2-4-8(10)5-3-7/h7-9,12H,2-5,10H2,1H3/t7-,8+,9-/m0/s1. The van der Waals surface area contributed by atoms with Crippen LogP contribution in [0, 0.1) is 5.92 Å². The van der Waals surface area contributed by atoms with E-state index in [0.717, 1.165) is 25.7 Å². The molecule has 3 nitrogen and oxygen atoms in total. The Labute approximate surface area is 72.9 Å². The number of carbonyl (C=O) groups is 1. The van der Waals surface area contributed by atoms with Gasteiger partial charge in [-0.25, -0.2) is 0 Å². The van der Waals surface area contributed by atoms with Gasteiger partial charge in [-0.05, 0) is 38.5 Å². The fourth-order valence-corrected chi connectivity index (χ4v) is 1.79. The van der Waals surface area contributed by atoms with Crippen molar-refractivity contribution in [2.45, 2.75) is 44.8 Å². The van der Waals surface area contributed by atoms with Crippen LogP contribution in [-0.4, -0.2) is 23.0 Å². The average molecular weight is 171 g/mol. The number of aliphatic hydroxyl groups is 1. The summed E-state index contributed by atoms with van der Waals surface area (Å²) < 4.78 is 0. The second-order valence-electron chi connectivity index (χ2n) is 3.73. The molecule has 0 aromatic rings. The maximum absolute atomic E-state index is 10.8. The third kappa shape index (κ3) is 2.29. The predicted molar refractivity (Wildman–Crippen MR) is 46.6 cm³/mol. The molecular formula is C9H17NO2. The van der Waals surface area contributed by atoms with Gasteiger partial charge in [0.15, 0.2) is 5.78 Å². The molecule has 0 aromatic heterocycles. The summed E-state index contributed by atoms with van der Waals surface area (Å²) in [7, 11) is 0. The average Bonchev–Trinajstić information content (AvgIpc) is 2.04. The molecule has 0 unspecified atom stereocenters. The van der Waals surface area contributed by atoms with Gasteiger partial charge < -0.3 is 10.8 Å². The minimum atomic E-state index is -0.752. The number of carbonyl (C=O) groups excluding carboxylic acids is 1. The summed E-state index contributed by atoms with van der Waals surface area (Å²) in [6.07, 6.45) is 2.91. The normalized spacial score (nSPS) is 32.9. The SMILES string of the molecule is CC(=O)[C@H](O)[C@H]1CC[C@@H](N)CC1. The highest BCUT2D eigenvalue weighted by Gasteiger charge is 2.27. The van der Waals surface area contributed by atoms with Crippen LogP contribution in [0.5, 0.6) is 0 Å². The van der Waals surface area contributed by atoms with Crippen molar-refractivity contribution >= 4 is 5.78 Å². The molecule has 1 fully saturated rings. The second kappa shape index (κ2) is 4.01. The third-order valence-electron chi connectivity index (χ3n) is 2.68. The van der Waals surface area contributed by atoms with Crippen LogP contribution in [0.1, 0.15) is 32.6 Å². The number of aliphatic hydroxyl groups excluding tert-OH is 1. The topological polar surface area (TPSA) is 63.3 Å². The van der Waals surface area contributed by atoms with E-state index < -0.39 is 6.10 Å². The van der Waals surface area contributed by atoms with Crippen LogP contribution in [0.15, 0.2) is 0 Å². The van der Waals surface area contributed by atoms with Crippen LogP contribution in [-0.2, 0) is 4.79 Å². The summed E-state index contributed by atoms with van der Waals surface area (Å²) in [6, 6.07) is 0.278. The Kier molecular flexibility index (Phi) is 3.23. The number of hydrogen-bond donors (Lipinski definition) is 2. The third-order valence-corrected chi connectivity index (χ3v) is 2.68. The monoisotopic (exact) mass is 171 g/mol. The first-order chi connectivity index (χ1) is 5.61. The molecule has 1 saturated carbocycles. The smallest absolute Gasteiger partial charge is 0.158 e. The van der Waals surface area contributed by atoms with Crippen molar-refractivity contribution in [1.82, 2.24) is 0 Å². The molecule has 0 aliphatic heterocycles. The van der Waals surface area contributed by atoms with E-state index in [9.17, 15) is 9.90 Å². The van der Waals surface area contributed by atoms with Crippen LogP contribution in [0.25, 0.3) is 0 Å². The molecule has 3 N–H and O–H groups in total. The van der Waals surface area contributed by atoms with Crippen molar-refractivity contribution in [3.8, 4) is 0 Å². The maximum atomic E-state index is 10.8. The molecule has 1 rings (SSSR count). The van der Waals surface area contributed by atoms with E-state index in [1.807, 2.05) is 0 Å². The van der Waals surface area contributed by atoms with Gasteiger partial charge in [-0.3, -0.25) is 4.79 Å². The minimum absolute atomic E-state index is 0.115. The van der Waals surface area contributed by atoms with E-state index in [1.54, 1.807) is 0 Å². The quantitative estimate of drug-likeness (QED) is 0.634. The zero-order chi connectivity index (χ0) is 9.14. The first-order valence-corrected chi connectivity index (χ1v) is 4.55. The number of ketones is 1. The first kappa shape index (κ1) is 9.68. The minimum Gasteiger partial charge on any atom is -0.385 e. The van der Waals surface area contributed by atoms with Crippen LogP contribution >= 0.6 is 0 Å². The Morgan fingerprint density at radius 2 is 1.92 bits per heavy atom. The molecular weight excluding hydrogens is 154 g/mol. The molecule has 0 amide bonds. The van der Waals surface area contributed by atoms with Crippen molar-refractivity contribution in [3.63, 3.8) is 0 Å². The van der Waals surface area contributed by atoms with E-state index in [1.165, 1.54) is 6.92 Å². The number of rotatable bonds is 2. The number of Topliss-reactive ketones (excluding diaryl/α,β-unsaturated/α-hetero) is 1. The van der Waals surface area contributed by atoms with Crippen molar-refractivity contribution < 1.29 is 9.90 Å². The molecule has 0 radical (unpaired) electrons. The Bertz CT molecular complexity index is 162. The van der Waals surface area contributed by atoms with E-state index in [0.29, 0.717) is 0 Å². The summed E-state index contributed by atoms with van der Waals surface area (Å²) in [5, 5.41) is 9.45. The van der Waals surface area contributed by atoms with Crippen LogP contribution in [0.4, 0.5) is 0 Å². The zero-order valence-corrected chi connectivity index (χ0v) is 7.49. The van der Waals surface area contributed by atoms with E-state index in [-0.39, 0.29) is 17.7 Å². The molecule has 12 heavy (non-hydrogen) atoms. The molecule has 0 saturated heterocycles. The van der Waals surface area contributed by atoms with E-state index >= 15 is 0 Å². The summed E-state index contributed by atoms with van der Waals surface area (Å²) >= 11 is 0. The molecule has 70 valence electrons. The summed E-state index contributed by atoms with van der Waals surface area (Å²) in [5.41, 5.74) is 5.71. The molecule has 0 heterocycles. The van der Waals surface area contributed by atoms with Crippen LogP contribution < -0.4 is 5.73 Å². The van der Waals surface area contributed by atoms with E-state index in [2.05, 4.69) is 0 Å². The fraction of sp³-hybridized carbons (Fsp3) is 0.889. The Balaban J connectivity index is 2.39. The van der Waals surface area contributed by atoms with Gasteiger partial charge in [0.05, 0.1) is 0 Å². The van der Waals surface area contributed by atoms with Gasteiger partial charge in [0.1, 0.15) is 6.10 Å². The highest BCUT2D eigenvalue weighted by molar-refractivity contribution is 5.80. The predicted octanol–water partition coefficient (Wildman–Crippen LogP) is 0.454. The maximum Gasteiger partial charge on any atom is 0.158 e. The summed E-state index contributed by atoms with van der Waals surface area (Å²) in [4.78, 5) is 10.8. The Morgan fingerprint density at radius 1 is 1.42 bits per heavy atom. The molecule has 1 aliphatic carbocycles. The van der Waals surface area contributed by atoms with Gasteiger partial charge in [-0.2, -0.15) is 0 Å². The van der Waals surface area contributed by atoms with Gasteiger partial charge in [0.25, 0.3) is 0 Å². The molecule has 0 bridgehead atoms. The van der Waals surface area contributed by atoms with Crippen LogP contribution in [0.2, 0.25) is 0 Å². The zero-order valence-electron chi connectivity index (χ0n) is 7.49. The molecule has 1 atom stereocenters. The van der Waals surface area contributed by atoms with Gasteiger partial charge in [0, 0.05) is 6.04 Å². The lowest BCUT2D eigenvalue weighted by Crippen LogP contribution is -2.34. The Morgan fingerprint density at radius 3 is 2.33 bits per heavy atom. The molecule has 0 spiro atoms. The number of nitrogens with two attached hydrogens (primary N) is 1. The van der Waals surface area contributed by atoms with Crippen molar-refractivity contribution in [3.05, 3.63) is 0 Å². The van der Waals surface area contributed by atoms with Gasteiger partial charge >= 0.3 is 0 Å². The lowest BCUT2D eigenvalue weighted by Gasteiger charge is -2.28. The lowest BCUT2D eigenvalue weighted by molar-refractivity contribution is -0.128. The van der Waals surface area contributed by atoms with Crippen molar-refractivity contribution in [2.75, 3.05) is 0 Å². The van der Waals surface area contributed by atoms with Gasteiger partial charge in [-0.1, -0.05) is 0 Å². The number of hydrogen-bond acceptors (Lipinski definition) is 3. The van der Waals surface area contributed by atoms with Gasteiger partial charge in [-0.15, -0.1) is 0 Å². The molecule has 0 aromatic carbocycles.